The van der Waals surface area contributed by atoms with Crippen molar-refractivity contribution >= 4 is 52.5 Å². The molecule has 5 nitrogen and oxygen atoms in total. The van der Waals surface area contributed by atoms with Gasteiger partial charge in [-0.3, -0.25) is 9.59 Å². The number of rotatable bonds is 3. The summed E-state index contributed by atoms with van der Waals surface area (Å²) in [5.41, 5.74) is 2.38. The van der Waals surface area contributed by atoms with Gasteiger partial charge in [-0.1, -0.05) is 23.2 Å². The lowest BCUT2D eigenvalue weighted by Gasteiger charge is -2.26. The Balaban J connectivity index is 1.75. The van der Waals surface area contributed by atoms with E-state index in [-0.39, 0.29) is 22.1 Å². The van der Waals surface area contributed by atoms with Gasteiger partial charge in [0.05, 0.1) is 0 Å². The number of carbonyl (C=O) groups excluding carboxylic acids is 2. The van der Waals surface area contributed by atoms with Crippen molar-refractivity contribution in [1.29, 1.82) is 0 Å². The van der Waals surface area contributed by atoms with Gasteiger partial charge < -0.3 is 10.2 Å². The first-order valence-electron chi connectivity index (χ1n) is 8.06. The molecule has 1 aromatic carbocycles. The van der Waals surface area contributed by atoms with Gasteiger partial charge in [0.25, 0.3) is 11.8 Å². The van der Waals surface area contributed by atoms with Crippen molar-refractivity contribution < 1.29 is 9.59 Å². The molecular formula is C18H17Cl2N3O2S. The second-order valence-corrected chi connectivity index (χ2v) is 7.89. The van der Waals surface area contributed by atoms with E-state index in [1.165, 1.54) is 12.1 Å². The number of nitrogens with one attached hydrogen (secondary N) is 1. The van der Waals surface area contributed by atoms with Crippen LogP contribution in [-0.2, 0) is 0 Å². The van der Waals surface area contributed by atoms with Crippen LogP contribution in [0.1, 0.15) is 26.3 Å². The third kappa shape index (κ3) is 4.50. The first-order chi connectivity index (χ1) is 12.4. The van der Waals surface area contributed by atoms with Crippen LogP contribution in [0.2, 0.25) is 10.3 Å². The van der Waals surface area contributed by atoms with Crippen LogP contribution in [0.15, 0.2) is 30.3 Å². The maximum absolute atomic E-state index is 12.6. The molecule has 1 aliphatic heterocycles. The number of nitrogens with zero attached hydrogens (tertiary/aromatic N) is 2. The normalized spacial score (nSPS) is 14.2. The lowest BCUT2D eigenvalue weighted by Crippen LogP contribution is -2.37. The van der Waals surface area contributed by atoms with Crippen LogP contribution in [0.4, 0.5) is 5.69 Å². The SMILES string of the molecule is Cc1cc(C(=O)N2CCSCC2)ccc1NC(=O)c1cc(Cl)nc(Cl)c1. The molecule has 2 heterocycles. The van der Waals surface area contributed by atoms with Crippen molar-refractivity contribution in [3.05, 3.63) is 57.3 Å². The second kappa shape index (κ2) is 8.29. The Labute approximate surface area is 166 Å². The van der Waals surface area contributed by atoms with E-state index < -0.39 is 0 Å². The summed E-state index contributed by atoms with van der Waals surface area (Å²) in [4.78, 5) is 30.7. The van der Waals surface area contributed by atoms with Gasteiger partial charge in [-0.15, -0.1) is 0 Å². The molecule has 2 amide bonds. The zero-order valence-corrected chi connectivity index (χ0v) is 16.4. The Hall–Kier alpha value is -1.76. The number of anilines is 1. The molecule has 1 N–H and O–H groups in total. The molecule has 0 aliphatic carbocycles. The molecule has 1 aromatic heterocycles. The van der Waals surface area contributed by atoms with Crippen molar-refractivity contribution in [3.8, 4) is 0 Å². The van der Waals surface area contributed by atoms with E-state index in [9.17, 15) is 9.59 Å². The summed E-state index contributed by atoms with van der Waals surface area (Å²) in [6.07, 6.45) is 0. The first kappa shape index (κ1) is 19.0. The number of amides is 2. The summed E-state index contributed by atoms with van der Waals surface area (Å²) in [6, 6.07) is 8.17. The summed E-state index contributed by atoms with van der Waals surface area (Å²) in [5, 5.41) is 3.12. The van der Waals surface area contributed by atoms with Gasteiger partial charge in [0.1, 0.15) is 10.3 Å². The molecule has 8 heteroatoms. The van der Waals surface area contributed by atoms with E-state index in [1.54, 1.807) is 18.2 Å². The molecule has 0 unspecified atom stereocenters. The number of hydrogen-bond donors (Lipinski definition) is 1. The van der Waals surface area contributed by atoms with Crippen molar-refractivity contribution in [1.82, 2.24) is 9.88 Å². The number of hydrogen-bond acceptors (Lipinski definition) is 4. The molecule has 0 radical (unpaired) electrons. The van der Waals surface area contributed by atoms with E-state index in [1.807, 2.05) is 23.6 Å². The molecule has 0 saturated carbocycles. The van der Waals surface area contributed by atoms with Gasteiger partial charge in [0.15, 0.2) is 0 Å². The average Bonchev–Trinajstić information content (AvgIpc) is 2.62. The summed E-state index contributed by atoms with van der Waals surface area (Å²) in [7, 11) is 0. The predicted molar refractivity (Wildman–Crippen MR) is 107 cm³/mol. The van der Waals surface area contributed by atoms with E-state index in [0.29, 0.717) is 16.8 Å². The van der Waals surface area contributed by atoms with E-state index in [0.717, 1.165) is 30.2 Å². The van der Waals surface area contributed by atoms with Gasteiger partial charge in [0.2, 0.25) is 0 Å². The zero-order chi connectivity index (χ0) is 18.7. The van der Waals surface area contributed by atoms with Crippen LogP contribution in [0.25, 0.3) is 0 Å². The fraction of sp³-hybridized carbons (Fsp3) is 0.278. The van der Waals surface area contributed by atoms with E-state index >= 15 is 0 Å². The van der Waals surface area contributed by atoms with Crippen LogP contribution in [0.5, 0.6) is 0 Å². The van der Waals surface area contributed by atoms with E-state index in [4.69, 9.17) is 23.2 Å². The molecule has 26 heavy (non-hydrogen) atoms. The monoisotopic (exact) mass is 409 g/mol. The standard InChI is InChI=1S/C18H17Cl2N3O2S/c1-11-8-12(18(25)23-4-6-26-7-5-23)2-3-14(11)21-17(24)13-9-15(19)22-16(20)10-13/h2-3,8-10H,4-7H2,1H3,(H,21,24). The average molecular weight is 410 g/mol. The lowest BCUT2D eigenvalue weighted by atomic mass is 10.1. The highest BCUT2D eigenvalue weighted by atomic mass is 35.5. The maximum Gasteiger partial charge on any atom is 0.255 e. The fourth-order valence-corrected chi connectivity index (χ4v) is 4.04. The summed E-state index contributed by atoms with van der Waals surface area (Å²) >= 11 is 13.5. The number of carbonyl (C=O) groups is 2. The van der Waals surface area contributed by atoms with Crippen LogP contribution in [0.3, 0.4) is 0 Å². The quantitative estimate of drug-likeness (QED) is 0.773. The molecule has 136 valence electrons. The van der Waals surface area contributed by atoms with Crippen LogP contribution >= 0.6 is 35.0 Å². The minimum atomic E-state index is -0.341. The number of halogens is 2. The Morgan fingerprint density at radius 3 is 2.35 bits per heavy atom. The van der Waals surface area contributed by atoms with E-state index in [2.05, 4.69) is 10.3 Å². The van der Waals surface area contributed by atoms with Crippen LogP contribution in [-0.4, -0.2) is 46.3 Å². The molecule has 1 aliphatic rings. The van der Waals surface area contributed by atoms with Gasteiger partial charge in [-0.2, -0.15) is 11.8 Å². The highest BCUT2D eigenvalue weighted by Gasteiger charge is 2.19. The molecule has 0 bridgehead atoms. The maximum atomic E-state index is 12.6. The van der Waals surface area contributed by atoms with Gasteiger partial charge >= 0.3 is 0 Å². The van der Waals surface area contributed by atoms with Crippen molar-refractivity contribution in [2.45, 2.75) is 6.92 Å². The predicted octanol–water partition coefficient (Wildman–Crippen LogP) is 4.14. The van der Waals surface area contributed by atoms with Crippen molar-refractivity contribution in [2.24, 2.45) is 0 Å². The fourth-order valence-electron chi connectivity index (χ4n) is 2.68. The molecule has 3 rings (SSSR count). The van der Waals surface area contributed by atoms with Gasteiger partial charge in [-0.05, 0) is 42.8 Å². The second-order valence-electron chi connectivity index (χ2n) is 5.89. The topological polar surface area (TPSA) is 62.3 Å². The minimum absolute atomic E-state index is 0.0268. The Bertz CT molecular complexity index is 834. The third-order valence-electron chi connectivity index (χ3n) is 4.04. The summed E-state index contributed by atoms with van der Waals surface area (Å²) in [6.45, 7) is 3.39. The zero-order valence-electron chi connectivity index (χ0n) is 14.1. The smallest absolute Gasteiger partial charge is 0.255 e. The van der Waals surface area contributed by atoms with Crippen molar-refractivity contribution in [3.63, 3.8) is 0 Å². The Morgan fingerprint density at radius 1 is 1.08 bits per heavy atom. The molecular weight excluding hydrogens is 393 g/mol. The van der Waals surface area contributed by atoms with Crippen molar-refractivity contribution in [2.75, 3.05) is 29.9 Å². The van der Waals surface area contributed by atoms with Crippen LogP contribution < -0.4 is 5.32 Å². The molecule has 0 spiro atoms. The number of benzene rings is 1. The summed E-state index contributed by atoms with van der Waals surface area (Å²) in [5.74, 6) is 1.62. The molecule has 1 saturated heterocycles. The number of aryl methyl sites for hydroxylation is 1. The van der Waals surface area contributed by atoms with Gasteiger partial charge in [-0.25, -0.2) is 4.98 Å². The van der Waals surface area contributed by atoms with Gasteiger partial charge in [0, 0.05) is 41.4 Å². The number of thioether (sulfide) groups is 1. The molecule has 1 fully saturated rings. The molecule has 2 aromatic rings. The third-order valence-corrected chi connectivity index (χ3v) is 5.37. The minimum Gasteiger partial charge on any atom is -0.337 e. The number of pyridine rings is 1. The Morgan fingerprint density at radius 2 is 1.73 bits per heavy atom. The largest absolute Gasteiger partial charge is 0.337 e. The first-order valence-corrected chi connectivity index (χ1v) is 9.97. The Kier molecular flexibility index (Phi) is 6.06. The van der Waals surface area contributed by atoms with Crippen LogP contribution in [0, 0.1) is 6.92 Å². The lowest BCUT2D eigenvalue weighted by molar-refractivity contribution is 0.0772. The highest BCUT2D eigenvalue weighted by molar-refractivity contribution is 7.99. The molecule has 0 atom stereocenters. The summed E-state index contributed by atoms with van der Waals surface area (Å²) < 4.78 is 0. The number of aromatic nitrogens is 1. The highest BCUT2D eigenvalue weighted by Crippen LogP contribution is 2.21.